The lowest BCUT2D eigenvalue weighted by Gasteiger charge is -2.18. The van der Waals surface area contributed by atoms with Gasteiger partial charge in [0.1, 0.15) is 0 Å². The van der Waals surface area contributed by atoms with Crippen molar-refractivity contribution in [1.29, 1.82) is 0 Å². The van der Waals surface area contributed by atoms with E-state index in [9.17, 15) is 9.90 Å². The summed E-state index contributed by atoms with van der Waals surface area (Å²) in [4.78, 5) is 12.8. The summed E-state index contributed by atoms with van der Waals surface area (Å²) in [5.74, 6) is -0.414. The highest BCUT2D eigenvalue weighted by atomic mass is 32.2. The zero-order valence-electron chi connectivity index (χ0n) is 11.7. The maximum absolute atomic E-state index is 11.5. The van der Waals surface area contributed by atoms with Gasteiger partial charge in [0.25, 0.3) is 0 Å². The van der Waals surface area contributed by atoms with E-state index in [4.69, 9.17) is 0 Å². The molecule has 0 aliphatic heterocycles. The molecular formula is C16H22O2S. The summed E-state index contributed by atoms with van der Waals surface area (Å²) in [6, 6.07) is 6.10. The van der Waals surface area contributed by atoms with E-state index >= 15 is 0 Å². The Labute approximate surface area is 119 Å². The van der Waals surface area contributed by atoms with Gasteiger partial charge in [0.05, 0.1) is 5.92 Å². The third-order valence-electron chi connectivity index (χ3n) is 4.16. The van der Waals surface area contributed by atoms with Crippen LogP contribution in [0.5, 0.6) is 0 Å². The van der Waals surface area contributed by atoms with Crippen LogP contribution < -0.4 is 0 Å². The fourth-order valence-electron chi connectivity index (χ4n) is 3.08. The van der Waals surface area contributed by atoms with E-state index in [-0.39, 0.29) is 5.92 Å². The molecule has 1 aromatic rings. The van der Waals surface area contributed by atoms with Crippen LogP contribution in [0.25, 0.3) is 0 Å². The molecule has 0 saturated heterocycles. The van der Waals surface area contributed by atoms with E-state index in [2.05, 4.69) is 25.3 Å². The maximum Gasteiger partial charge on any atom is 0.310 e. The van der Waals surface area contributed by atoms with Gasteiger partial charge in [0.2, 0.25) is 0 Å². The van der Waals surface area contributed by atoms with Crippen molar-refractivity contribution in [2.45, 2.75) is 49.8 Å². The van der Waals surface area contributed by atoms with E-state index in [0.717, 1.165) is 12.0 Å². The first kappa shape index (κ1) is 14.4. The molecule has 0 amide bonds. The van der Waals surface area contributed by atoms with Crippen molar-refractivity contribution in [2.75, 3.05) is 6.26 Å². The van der Waals surface area contributed by atoms with Crippen LogP contribution in [0.3, 0.4) is 0 Å². The zero-order valence-corrected chi connectivity index (χ0v) is 12.5. The predicted molar refractivity (Wildman–Crippen MR) is 79.9 cm³/mol. The van der Waals surface area contributed by atoms with Crippen LogP contribution in [0.4, 0.5) is 0 Å². The van der Waals surface area contributed by atoms with Gasteiger partial charge < -0.3 is 5.11 Å². The molecule has 1 atom stereocenters. The molecule has 1 aliphatic rings. The van der Waals surface area contributed by atoms with Crippen LogP contribution in [0, 0.1) is 12.8 Å². The second-order valence-electron chi connectivity index (χ2n) is 5.51. The first-order chi connectivity index (χ1) is 9.11. The maximum atomic E-state index is 11.5. The van der Waals surface area contributed by atoms with Crippen LogP contribution >= 0.6 is 11.8 Å². The number of rotatable bonds is 5. The van der Waals surface area contributed by atoms with E-state index in [1.165, 1.54) is 36.1 Å². The second kappa shape index (κ2) is 6.47. The largest absolute Gasteiger partial charge is 0.481 e. The molecule has 0 heterocycles. The average Bonchev–Trinajstić information content (AvgIpc) is 2.88. The Morgan fingerprint density at radius 3 is 2.63 bits per heavy atom. The molecule has 104 valence electrons. The molecule has 0 aromatic heterocycles. The van der Waals surface area contributed by atoms with Crippen molar-refractivity contribution < 1.29 is 9.90 Å². The number of carboxylic acid groups (broad SMARTS) is 1. The molecule has 1 N–H and O–H groups in total. The highest BCUT2D eigenvalue weighted by Crippen LogP contribution is 2.35. The molecule has 1 saturated carbocycles. The molecule has 0 spiro atoms. The van der Waals surface area contributed by atoms with Crippen molar-refractivity contribution in [3.63, 3.8) is 0 Å². The summed E-state index contributed by atoms with van der Waals surface area (Å²) >= 11 is 1.71. The molecule has 19 heavy (non-hydrogen) atoms. The molecule has 1 unspecified atom stereocenters. The molecule has 2 rings (SSSR count). The molecule has 3 heteroatoms. The number of aryl methyl sites for hydroxylation is 1. The van der Waals surface area contributed by atoms with Gasteiger partial charge in [-0.1, -0.05) is 37.8 Å². The molecule has 1 aromatic carbocycles. The highest BCUT2D eigenvalue weighted by molar-refractivity contribution is 7.98. The van der Waals surface area contributed by atoms with Crippen LogP contribution in [-0.4, -0.2) is 17.3 Å². The topological polar surface area (TPSA) is 37.3 Å². The minimum absolute atomic E-state index is 0.335. The van der Waals surface area contributed by atoms with Crippen LogP contribution in [0.2, 0.25) is 0 Å². The first-order valence-electron chi connectivity index (χ1n) is 6.99. The molecule has 0 radical (unpaired) electrons. The van der Waals surface area contributed by atoms with E-state index in [0.29, 0.717) is 5.92 Å². The van der Waals surface area contributed by atoms with Gasteiger partial charge in [-0.2, -0.15) is 0 Å². The number of carboxylic acids is 1. The smallest absolute Gasteiger partial charge is 0.310 e. The lowest BCUT2D eigenvalue weighted by Crippen LogP contribution is -2.15. The fraction of sp³-hybridized carbons (Fsp3) is 0.562. The Kier molecular flexibility index (Phi) is 4.92. The molecule has 2 nitrogen and oxygen atoms in total. The van der Waals surface area contributed by atoms with E-state index < -0.39 is 5.97 Å². The van der Waals surface area contributed by atoms with Gasteiger partial charge in [0.15, 0.2) is 0 Å². The monoisotopic (exact) mass is 278 g/mol. The van der Waals surface area contributed by atoms with Gasteiger partial charge in [-0.15, -0.1) is 11.8 Å². The summed E-state index contributed by atoms with van der Waals surface area (Å²) in [5.41, 5.74) is 2.15. The average molecular weight is 278 g/mol. The van der Waals surface area contributed by atoms with Crippen molar-refractivity contribution in [2.24, 2.45) is 5.92 Å². The molecule has 1 aliphatic carbocycles. The Balaban J connectivity index is 2.18. The zero-order chi connectivity index (χ0) is 13.8. The van der Waals surface area contributed by atoms with Crippen LogP contribution in [0.1, 0.15) is 49.1 Å². The minimum Gasteiger partial charge on any atom is -0.481 e. The Morgan fingerprint density at radius 2 is 2.11 bits per heavy atom. The third kappa shape index (κ3) is 3.53. The molecule has 1 fully saturated rings. The van der Waals surface area contributed by atoms with Gasteiger partial charge in [0, 0.05) is 4.90 Å². The number of hydrogen-bond acceptors (Lipinski definition) is 2. The summed E-state index contributed by atoms with van der Waals surface area (Å²) in [5, 5.41) is 9.50. The van der Waals surface area contributed by atoms with E-state index in [1.54, 1.807) is 11.8 Å². The number of benzene rings is 1. The SMILES string of the molecule is CSc1ccc(C(CC2CCCC2)C(=O)O)cc1C. The second-order valence-corrected chi connectivity index (χ2v) is 6.35. The van der Waals surface area contributed by atoms with E-state index in [1.807, 2.05) is 6.07 Å². The van der Waals surface area contributed by atoms with Gasteiger partial charge >= 0.3 is 5.97 Å². The summed E-state index contributed by atoms with van der Waals surface area (Å²) < 4.78 is 0. The number of aliphatic carboxylic acids is 1. The number of carbonyl (C=O) groups is 1. The van der Waals surface area contributed by atoms with Gasteiger partial charge in [-0.3, -0.25) is 4.79 Å². The quantitative estimate of drug-likeness (QED) is 0.808. The van der Waals surface area contributed by atoms with Gasteiger partial charge in [-0.05, 0) is 42.7 Å². The summed E-state index contributed by atoms with van der Waals surface area (Å²) in [6.45, 7) is 2.06. The lowest BCUT2D eigenvalue weighted by atomic mass is 9.87. The molecule has 0 bridgehead atoms. The van der Waals surface area contributed by atoms with Crippen LogP contribution in [-0.2, 0) is 4.79 Å². The van der Waals surface area contributed by atoms with Crippen molar-refractivity contribution in [1.82, 2.24) is 0 Å². The van der Waals surface area contributed by atoms with Crippen molar-refractivity contribution >= 4 is 17.7 Å². The van der Waals surface area contributed by atoms with Gasteiger partial charge in [-0.25, -0.2) is 0 Å². The Bertz CT molecular complexity index is 450. The molecular weight excluding hydrogens is 256 g/mol. The van der Waals surface area contributed by atoms with Crippen LogP contribution in [0.15, 0.2) is 23.1 Å². The Hall–Kier alpha value is -0.960. The third-order valence-corrected chi connectivity index (χ3v) is 5.06. The minimum atomic E-state index is -0.678. The highest BCUT2D eigenvalue weighted by Gasteiger charge is 2.26. The van der Waals surface area contributed by atoms with Crippen molar-refractivity contribution in [3.05, 3.63) is 29.3 Å². The number of thioether (sulfide) groups is 1. The Morgan fingerprint density at radius 1 is 1.42 bits per heavy atom. The standard InChI is InChI=1S/C16H22O2S/c1-11-9-13(7-8-15(11)19-2)14(16(17)18)10-12-5-3-4-6-12/h7-9,12,14H,3-6,10H2,1-2H3,(H,17,18). The normalized spacial score (nSPS) is 17.6. The fourth-order valence-corrected chi connectivity index (χ4v) is 3.66. The first-order valence-corrected chi connectivity index (χ1v) is 8.21. The summed E-state index contributed by atoms with van der Waals surface area (Å²) in [7, 11) is 0. The summed E-state index contributed by atoms with van der Waals surface area (Å²) in [6.07, 6.45) is 7.78. The lowest BCUT2D eigenvalue weighted by molar-refractivity contribution is -0.139. The predicted octanol–water partition coefficient (Wildman–Crippen LogP) is 4.47. The number of hydrogen-bond donors (Lipinski definition) is 1. The van der Waals surface area contributed by atoms with Crippen molar-refractivity contribution in [3.8, 4) is 0 Å².